The van der Waals surface area contributed by atoms with Crippen LogP contribution >= 0.6 is 0 Å². The third-order valence-electron chi connectivity index (χ3n) is 2.61. The number of oxazole rings is 1. The van der Waals surface area contributed by atoms with Crippen molar-refractivity contribution in [3.05, 3.63) is 40.8 Å². The zero-order chi connectivity index (χ0) is 12.6. The van der Waals surface area contributed by atoms with Crippen LogP contribution in [0.2, 0.25) is 0 Å². The van der Waals surface area contributed by atoms with Gasteiger partial charge in [-0.25, -0.2) is 9.78 Å². The van der Waals surface area contributed by atoms with Crippen molar-refractivity contribution >= 4 is 5.97 Å². The molecule has 0 fully saturated rings. The van der Waals surface area contributed by atoms with Crippen LogP contribution in [0.1, 0.15) is 27.4 Å². The predicted molar refractivity (Wildman–Crippen MR) is 63.1 cm³/mol. The van der Waals surface area contributed by atoms with Gasteiger partial charge >= 0.3 is 5.97 Å². The lowest BCUT2D eigenvalue weighted by molar-refractivity contribution is 0.0689. The third-order valence-corrected chi connectivity index (χ3v) is 2.61. The highest BCUT2D eigenvalue weighted by Crippen LogP contribution is 2.25. The summed E-state index contributed by atoms with van der Waals surface area (Å²) < 4.78 is 5.39. The number of carboxylic acids is 1. The van der Waals surface area contributed by atoms with E-state index in [4.69, 9.17) is 9.52 Å². The van der Waals surface area contributed by atoms with Gasteiger partial charge in [0.05, 0.1) is 0 Å². The predicted octanol–water partition coefficient (Wildman–Crippen LogP) is 2.97. The van der Waals surface area contributed by atoms with Crippen LogP contribution < -0.4 is 0 Å². The molecule has 0 unspecified atom stereocenters. The van der Waals surface area contributed by atoms with Crippen molar-refractivity contribution in [1.29, 1.82) is 0 Å². The Labute approximate surface area is 98.9 Å². The zero-order valence-corrected chi connectivity index (χ0v) is 9.94. The van der Waals surface area contributed by atoms with Gasteiger partial charge in [0.25, 0.3) is 0 Å². The topological polar surface area (TPSA) is 63.3 Å². The van der Waals surface area contributed by atoms with Crippen LogP contribution in [0, 0.1) is 20.8 Å². The SMILES string of the molecule is Cc1ccc(-c2nc(C(=O)O)c(C)o2)c(C)c1. The lowest BCUT2D eigenvalue weighted by Crippen LogP contribution is -1.98. The van der Waals surface area contributed by atoms with E-state index in [-0.39, 0.29) is 5.69 Å². The molecule has 17 heavy (non-hydrogen) atoms. The molecule has 0 aliphatic rings. The van der Waals surface area contributed by atoms with Gasteiger partial charge in [0.1, 0.15) is 5.76 Å². The molecule has 4 nitrogen and oxygen atoms in total. The van der Waals surface area contributed by atoms with Gasteiger partial charge in [-0.05, 0) is 32.4 Å². The first-order valence-electron chi connectivity index (χ1n) is 5.27. The Morgan fingerprint density at radius 1 is 1.29 bits per heavy atom. The highest BCUT2D eigenvalue weighted by Gasteiger charge is 2.17. The van der Waals surface area contributed by atoms with E-state index in [0.717, 1.165) is 16.7 Å². The van der Waals surface area contributed by atoms with Gasteiger partial charge in [-0.3, -0.25) is 0 Å². The van der Waals surface area contributed by atoms with Gasteiger partial charge < -0.3 is 9.52 Å². The summed E-state index contributed by atoms with van der Waals surface area (Å²) >= 11 is 0. The molecule has 1 aromatic carbocycles. The minimum atomic E-state index is -1.07. The molecule has 0 radical (unpaired) electrons. The summed E-state index contributed by atoms with van der Waals surface area (Å²) in [5, 5.41) is 8.92. The van der Waals surface area contributed by atoms with Gasteiger partial charge in [-0.2, -0.15) is 0 Å². The molecule has 0 saturated heterocycles. The molecule has 1 heterocycles. The van der Waals surface area contributed by atoms with E-state index < -0.39 is 5.97 Å². The maximum absolute atomic E-state index is 10.9. The van der Waals surface area contributed by atoms with Crippen LogP contribution in [-0.2, 0) is 0 Å². The lowest BCUT2D eigenvalue weighted by Gasteiger charge is -2.01. The number of hydrogen-bond acceptors (Lipinski definition) is 3. The fourth-order valence-corrected chi connectivity index (χ4v) is 1.76. The molecular weight excluding hydrogens is 218 g/mol. The Morgan fingerprint density at radius 2 is 2.00 bits per heavy atom. The summed E-state index contributed by atoms with van der Waals surface area (Å²) in [4.78, 5) is 14.9. The Kier molecular flexibility index (Phi) is 2.71. The molecule has 0 aliphatic carbocycles. The molecule has 88 valence electrons. The van der Waals surface area contributed by atoms with Crippen LogP contribution in [0.15, 0.2) is 22.6 Å². The molecule has 0 amide bonds. The zero-order valence-electron chi connectivity index (χ0n) is 9.94. The average Bonchev–Trinajstić information content (AvgIpc) is 2.60. The minimum absolute atomic E-state index is 0.0278. The van der Waals surface area contributed by atoms with E-state index in [1.54, 1.807) is 6.92 Å². The fraction of sp³-hybridized carbons (Fsp3) is 0.231. The number of aromatic carboxylic acids is 1. The van der Waals surface area contributed by atoms with Crippen LogP contribution in [0.25, 0.3) is 11.5 Å². The smallest absolute Gasteiger partial charge is 0.358 e. The molecule has 2 rings (SSSR count). The van der Waals surface area contributed by atoms with Crippen molar-refractivity contribution in [2.24, 2.45) is 0 Å². The maximum Gasteiger partial charge on any atom is 0.358 e. The van der Waals surface area contributed by atoms with Gasteiger partial charge in [0, 0.05) is 5.56 Å². The van der Waals surface area contributed by atoms with Crippen molar-refractivity contribution in [3.63, 3.8) is 0 Å². The van der Waals surface area contributed by atoms with E-state index in [2.05, 4.69) is 4.98 Å². The lowest BCUT2D eigenvalue weighted by atomic mass is 10.1. The fourth-order valence-electron chi connectivity index (χ4n) is 1.76. The van der Waals surface area contributed by atoms with Gasteiger partial charge in [-0.15, -0.1) is 0 Å². The Morgan fingerprint density at radius 3 is 2.53 bits per heavy atom. The summed E-state index contributed by atoms with van der Waals surface area (Å²) in [6.07, 6.45) is 0. The van der Waals surface area contributed by atoms with Crippen molar-refractivity contribution in [3.8, 4) is 11.5 Å². The molecule has 4 heteroatoms. The van der Waals surface area contributed by atoms with Crippen molar-refractivity contribution in [2.45, 2.75) is 20.8 Å². The number of rotatable bonds is 2. The van der Waals surface area contributed by atoms with Crippen molar-refractivity contribution < 1.29 is 14.3 Å². The van der Waals surface area contributed by atoms with E-state index in [9.17, 15) is 4.79 Å². The molecule has 0 atom stereocenters. The number of carbonyl (C=O) groups is 1. The first kappa shape index (κ1) is 11.4. The summed E-state index contributed by atoms with van der Waals surface area (Å²) in [6, 6.07) is 5.85. The van der Waals surface area contributed by atoms with Gasteiger partial charge in [-0.1, -0.05) is 17.7 Å². The number of aromatic nitrogens is 1. The molecule has 0 saturated carbocycles. The highest BCUT2D eigenvalue weighted by atomic mass is 16.4. The molecule has 1 N–H and O–H groups in total. The number of hydrogen-bond donors (Lipinski definition) is 1. The molecule has 0 bridgehead atoms. The third kappa shape index (κ3) is 2.06. The molecule has 2 aromatic rings. The molecule has 0 aliphatic heterocycles. The monoisotopic (exact) mass is 231 g/mol. The second-order valence-corrected chi connectivity index (χ2v) is 4.05. The normalized spacial score (nSPS) is 10.5. The summed E-state index contributed by atoms with van der Waals surface area (Å²) in [5.41, 5.74) is 2.96. The van der Waals surface area contributed by atoms with E-state index in [0.29, 0.717) is 11.7 Å². The summed E-state index contributed by atoms with van der Waals surface area (Å²) in [5.74, 6) is -0.382. The van der Waals surface area contributed by atoms with E-state index >= 15 is 0 Å². The molecular formula is C13H13NO3. The second kappa shape index (κ2) is 4.05. The first-order valence-corrected chi connectivity index (χ1v) is 5.27. The van der Waals surface area contributed by atoms with Crippen LogP contribution in [0.4, 0.5) is 0 Å². The summed E-state index contributed by atoms with van der Waals surface area (Å²) in [6.45, 7) is 5.55. The van der Waals surface area contributed by atoms with Crippen molar-refractivity contribution in [1.82, 2.24) is 4.98 Å². The first-order chi connectivity index (χ1) is 7.99. The van der Waals surface area contributed by atoms with Gasteiger partial charge in [0.2, 0.25) is 5.89 Å². The van der Waals surface area contributed by atoms with E-state index in [1.807, 2.05) is 32.0 Å². The molecule has 1 aromatic heterocycles. The summed E-state index contributed by atoms with van der Waals surface area (Å²) in [7, 11) is 0. The van der Waals surface area contributed by atoms with Crippen molar-refractivity contribution in [2.75, 3.05) is 0 Å². The highest BCUT2D eigenvalue weighted by molar-refractivity contribution is 5.87. The Hall–Kier alpha value is -2.10. The van der Waals surface area contributed by atoms with Crippen LogP contribution in [0.3, 0.4) is 0 Å². The van der Waals surface area contributed by atoms with Gasteiger partial charge in [0.15, 0.2) is 5.69 Å². The largest absolute Gasteiger partial charge is 0.476 e. The number of aryl methyl sites for hydroxylation is 3. The maximum atomic E-state index is 10.9. The number of carboxylic acid groups (broad SMARTS) is 1. The second-order valence-electron chi connectivity index (χ2n) is 4.05. The standard InChI is InChI=1S/C13H13NO3/c1-7-4-5-10(8(2)6-7)12-14-11(13(15)16)9(3)17-12/h4-6H,1-3H3,(H,15,16). The Balaban J connectivity index is 2.53. The van der Waals surface area contributed by atoms with E-state index in [1.165, 1.54) is 0 Å². The number of benzene rings is 1. The van der Waals surface area contributed by atoms with Crippen LogP contribution in [-0.4, -0.2) is 16.1 Å². The molecule has 0 spiro atoms. The quantitative estimate of drug-likeness (QED) is 0.863. The van der Waals surface area contributed by atoms with Crippen LogP contribution in [0.5, 0.6) is 0 Å². The average molecular weight is 231 g/mol. The Bertz CT molecular complexity index is 584. The minimum Gasteiger partial charge on any atom is -0.476 e. The number of nitrogens with zero attached hydrogens (tertiary/aromatic N) is 1.